The van der Waals surface area contributed by atoms with Crippen molar-refractivity contribution in [2.24, 2.45) is 0 Å². The molecule has 0 aliphatic rings. The number of hydrogen-bond donors (Lipinski definition) is 1. The largest absolute Gasteiger partial charge is 0.308 e. The summed E-state index contributed by atoms with van der Waals surface area (Å²) in [6.07, 6.45) is 0. The Morgan fingerprint density at radius 3 is 2.78 bits per heavy atom. The van der Waals surface area contributed by atoms with Crippen LogP contribution in [0.1, 0.15) is 36.0 Å². The highest BCUT2D eigenvalue weighted by atomic mass is 32.1. The van der Waals surface area contributed by atoms with E-state index in [0.29, 0.717) is 0 Å². The number of nitrogens with one attached hydrogen (secondary N) is 1. The Kier molecular flexibility index (Phi) is 4.09. The van der Waals surface area contributed by atoms with Gasteiger partial charge in [-0.3, -0.25) is 0 Å². The molecule has 0 radical (unpaired) electrons. The highest BCUT2D eigenvalue weighted by Crippen LogP contribution is 2.30. The van der Waals surface area contributed by atoms with Gasteiger partial charge < -0.3 is 5.32 Å². The fourth-order valence-electron chi connectivity index (χ4n) is 1.89. The van der Waals surface area contributed by atoms with Crippen molar-refractivity contribution >= 4 is 11.3 Å². The van der Waals surface area contributed by atoms with Crippen molar-refractivity contribution in [3.05, 3.63) is 34.3 Å². The summed E-state index contributed by atoms with van der Waals surface area (Å²) < 4.78 is 0. The topological polar surface area (TPSA) is 37.8 Å². The molecule has 2 aromatic rings. The summed E-state index contributed by atoms with van der Waals surface area (Å²) in [7, 11) is 0. The molecule has 96 valence electrons. The lowest BCUT2D eigenvalue weighted by molar-refractivity contribution is 0.590. The normalized spacial score (nSPS) is 12.7. The van der Waals surface area contributed by atoms with Gasteiger partial charge in [0.2, 0.25) is 0 Å². The molecule has 1 heterocycles. The third kappa shape index (κ3) is 2.60. The molecule has 18 heavy (non-hydrogen) atoms. The average Bonchev–Trinajstić information content (AvgIpc) is 2.82. The molecule has 1 aromatic carbocycles. The maximum Gasteiger partial charge on any atom is 0.148 e. The van der Waals surface area contributed by atoms with Crippen LogP contribution in [-0.4, -0.2) is 16.7 Å². The molecule has 0 amide bonds. The number of benzene rings is 1. The van der Waals surface area contributed by atoms with Gasteiger partial charge in [0, 0.05) is 5.56 Å². The molecular weight excluding hydrogens is 242 g/mol. The van der Waals surface area contributed by atoms with E-state index < -0.39 is 0 Å². The molecule has 0 fully saturated rings. The fourth-order valence-corrected chi connectivity index (χ4v) is 2.85. The van der Waals surface area contributed by atoms with Gasteiger partial charge in [-0.2, -0.15) is 0 Å². The van der Waals surface area contributed by atoms with E-state index in [-0.39, 0.29) is 6.04 Å². The fraction of sp³-hybridized carbons (Fsp3) is 0.429. The Labute approximate surface area is 112 Å². The maximum absolute atomic E-state index is 4.32. The van der Waals surface area contributed by atoms with Crippen molar-refractivity contribution in [3.8, 4) is 10.6 Å². The van der Waals surface area contributed by atoms with Crippen LogP contribution in [0.5, 0.6) is 0 Å². The first-order chi connectivity index (χ1) is 8.63. The van der Waals surface area contributed by atoms with E-state index in [1.807, 2.05) is 0 Å². The monoisotopic (exact) mass is 261 g/mol. The Morgan fingerprint density at radius 1 is 1.28 bits per heavy atom. The van der Waals surface area contributed by atoms with E-state index in [4.69, 9.17) is 0 Å². The molecule has 1 atom stereocenters. The Hall–Kier alpha value is -1.26. The van der Waals surface area contributed by atoms with Crippen LogP contribution in [0, 0.1) is 13.8 Å². The van der Waals surface area contributed by atoms with Gasteiger partial charge >= 0.3 is 0 Å². The van der Waals surface area contributed by atoms with Crippen LogP contribution in [-0.2, 0) is 0 Å². The van der Waals surface area contributed by atoms with Crippen LogP contribution in [0.2, 0.25) is 0 Å². The third-order valence-corrected chi connectivity index (χ3v) is 4.30. The number of aromatic nitrogens is 2. The van der Waals surface area contributed by atoms with Crippen molar-refractivity contribution in [1.29, 1.82) is 0 Å². The zero-order valence-electron chi connectivity index (χ0n) is 11.3. The van der Waals surface area contributed by atoms with Gasteiger partial charge in [-0.1, -0.05) is 36.5 Å². The van der Waals surface area contributed by atoms with Crippen molar-refractivity contribution in [1.82, 2.24) is 15.5 Å². The first-order valence-corrected chi connectivity index (χ1v) is 7.08. The van der Waals surface area contributed by atoms with Gasteiger partial charge in [-0.05, 0) is 38.4 Å². The molecule has 0 aliphatic heterocycles. The van der Waals surface area contributed by atoms with E-state index in [2.05, 4.69) is 61.4 Å². The molecule has 1 aromatic heterocycles. The van der Waals surface area contributed by atoms with Gasteiger partial charge in [0.05, 0.1) is 6.04 Å². The minimum atomic E-state index is 0.270. The Balaban J connectivity index is 2.32. The van der Waals surface area contributed by atoms with E-state index in [9.17, 15) is 0 Å². The highest BCUT2D eigenvalue weighted by Gasteiger charge is 2.13. The number of rotatable bonds is 4. The number of hydrogen-bond acceptors (Lipinski definition) is 4. The SMILES string of the molecule is CCNC(C)c1nnc(-c2cccc(C)c2C)s1. The zero-order chi connectivity index (χ0) is 13.1. The Bertz CT molecular complexity index is 534. The van der Waals surface area contributed by atoms with Gasteiger partial charge in [0.1, 0.15) is 10.0 Å². The third-order valence-electron chi connectivity index (χ3n) is 3.16. The zero-order valence-corrected chi connectivity index (χ0v) is 12.1. The quantitative estimate of drug-likeness (QED) is 0.915. The predicted molar refractivity (Wildman–Crippen MR) is 76.9 cm³/mol. The van der Waals surface area contributed by atoms with Crippen LogP contribution < -0.4 is 5.32 Å². The van der Waals surface area contributed by atoms with Crippen LogP contribution in [0.3, 0.4) is 0 Å². The van der Waals surface area contributed by atoms with Gasteiger partial charge in [-0.25, -0.2) is 0 Å². The standard InChI is InChI=1S/C14H19N3S/c1-5-15-11(4)13-16-17-14(18-13)12-8-6-7-9(2)10(12)3/h6-8,11,15H,5H2,1-4H3. The van der Waals surface area contributed by atoms with E-state index in [1.54, 1.807) is 11.3 Å². The van der Waals surface area contributed by atoms with E-state index in [0.717, 1.165) is 16.6 Å². The van der Waals surface area contributed by atoms with Crippen molar-refractivity contribution in [2.75, 3.05) is 6.54 Å². The molecule has 4 heteroatoms. The smallest absolute Gasteiger partial charge is 0.148 e. The molecule has 2 rings (SSSR count). The second kappa shape index (κ2) is 5.59. The first-order valence-electron chi connectivity index (χ1n) is 6.26. The summed E-state index contributed by atoms with van der Waals surface area (Å²) in [5.41, 5.74) is 3.78. The predicted octanol–water partition coefficient (Wildman–Crippen LogP) is 3.49. The average molecular weight is 261 g/mol. The van der Waals surface area contributed by atoms with Gasteiger partial charge in [0.25, 0.3) is 0 Å². The summed E-state index contributed by atoms with van der Waals surface area (Å²) in [5.74, 6) is 0. The summed E-state index contributed by atoms with van der Waals surface area (Å²) in [6.45, 7) is 9.43. The van der Waals surface area contributed by atoms with Crippen molar-refractivity contribution in [3.63, 3.8) is 0 Å². The highest BCUT2D eigenvalue weighted by molar-refractivity contribution is 7.14. The van der Waals surface area contributed by atoms with Crippen molar-refractivity contribution < 1.29 is 0 Å². The summed E-state index contributed by atoms with van der Waals surface area (Å²) in [6, 6.07) is 6.59. The lowest BCUT2D eigenvalue weighted by atomic mass is 10.0. The van der Waals surface area contributed by atoms with Gasteiger partial charge in [0.15, 0.2) is 0 Å². The number of aryl methyl sites for hydroxylation is 1. The lowest BCUT2D eigenvalue weighted by Crippen LogP contribution is -2.17. The maximum atomic E-state index is 4.32. The molecule has 0 saturated heterocycles. The summed E-state index contributed by atoms with van der Waals surface area (Å²) in [4.78, 5) is 0. The number of nitrogens with zero attached hydrogens (tertiary/aromatic N) is 2. The van der Waals surface area contributed by atoms with Crippen LogP contribution in [0.15, 0.2) is 18.2 Å². The second-order valence-electron chi connectivity index (χ2n) is 4.47. The van der Waals surface area contributed by atoms with Gasteiger partial charge in [-0.15, -0.1) is 10.2 Å². The van der Waals surface area contributed by atoms with Crippen molar-refractivity contribution in [2.45, 2.75) is 33.7 Å². The summed E-state index contributed by atoms with van der Waals surface area (Å²) >= 11 is 1.67. The molecule has 0 bridgehead atoms. The lowest BCUT2D eigenvalue weighted by Gasteiger charge is -2.07. The Morgan fingerprint density at radius 2 is 2.06 bits per heavy atom. The summed E-state index contributed by atoms with van der Waals surface area (Å²) in [5, 5.41) is 14.0. The molecule has 1 unspecified atom stereocenters. The van der Waals surface area contributed by atoms with E-state index in [1.165, 1.54) is 16.7 Å². The molecule has 1 N–H and O–H groups in total. The molecule has 0 saturated carbocycles. The van der Waals surface area contributed by atoms with Crippen LogP contribution in [0.4, 0.5) is 0 Å². The minimum Gasteiger partial charge on any atom is -0.308 e. The van der Waals surface area contributed by atoms with Crippen LogP contribution in [0.25, 0.3) is 10.6 Å². The first kappa shape index (κ1) is 13.2. The molecule has 0 aliphatic carbocycles. The second-order valence-corrected chi connectivity index (χ2v) is 5.48. The molecule has 0 spiro atoms. The minimum absolute atomic E-state index is 0.270. The molecular formula is C14H19N3S. The molecule has 3 nitrogen and oxygen atoms in total. The van der Waals surface area contributed by atoms with Crippen LogP contribution >= 0.6 is 11.3 Å². The van der Waals surface area contributed by atoms with E-state index >= 15 is 0 Å².